The van der Waals surface area contributed by atoms with Crippen LogP contribution in [0.1, 0.15) is 0 Å². The van der Waals surface area contributed by atoms with Crippen molar-refractivity contribution in [3.63, 3.8) is 0 Å². The number of benzene rings is 8. The molecule has 0 radical (unpaired) electrons. The molecule has 4 nitrogen and oxygen atoms in total. The number of hydrogen-bond donors (Lipinski definition) is 0. The molecule has 0 fully saturated rings. The highest BCUT2D eigenvalue weighted by atomic mass is 16.3. The van der Waals surface area contributed by atoms with Gasteiger partial charge in [0.25, 0.3) is 0 Å². The van der Waals surface area contributed by atoms with Gasteiger partial charge in [0.05, 0.1) is 0 Å². The van der Waals surface area contributed by atoms with E-state index in [-0.39, 0.29) is 0 Å². The second-order valence-corrected chi connectivity index (χ2v) is 13.2. The summed E-state index contributed by atoms with van der Waals surface area (Å²) in [6.07, 6.45) is 0. The molecule has 2 heterocycles. The van der Waals surface area contributed by atoms with Gasteiger partial charge < -0.3 is 4.42 Å². The van der Waals surface area contributed by atoms with Crippen molar-refractivity contribution in [1.29, 1.82) is 0 Å². The van der Waals surface area contributed by atoms with E-state index in [4.69, 9.17) is 19.4 Å². The Kier molecular flexibility index (Phi) is 7.43. The molecule has 53 heavy (non-hydrogen) atoms. The van der Waals surface area contributed by atoms with Crippen molar-refractivity contribution in [3.05, 3.63) is 188 Å². The summed E-state index contributed by atoms with van der Waals surface area (Å²) in [4.78, 5) is 15.2. The molecule has 0 saturated carbocycles. The Morgan fingerprint density at radius 2 is 0.792 bits per heavy atom. The van der Waals surface area contributed by atoms with Crippen LogP contribution < -0.4 is 0 Å². The third-order valence-corrected chi connectivity index (χ3v) is 9.95. The first-order valence-corrected chi connectivity index (χ1v) is 17.8. The van der Waals surface area contributed by atoms with E-state index in [1.807, 2.05) is 48.5 Å². The maximum absolute atomic E-state index is 6.42. The number of fused-ring (bicyclic) bond motifs is 4. The Hall–Kier alpha value is -7.17. The van der Waals surface area contributed by atoms with E-state index < -0.39 is 0 Å². The topological polar surface area (TPSA) is 51.8 Å². The van der Waals surface area contributed by atoms with Crippen LogP contribution in [0.15, 0.2) is 192 Å². The molecule has 0 N–H and O–H groups in total. The molecule has 0 spiro atoms. The van der Waals surface area contributed by atoms with Gasteiger partial charge in [0.15, 0.2) is 17.5 Å². The molecule has 8 aromatic carbocycles. The molecule has 0 aliphatic heterocycles. The van der Waals surface area contributed by atoms with Gasteiger partial charge in [0.2, 0.25) is 0 Å². The van der Waals surface area contributed by atoms with Gasteiger partial charge in [0, 0.05) is 27.5 Å². The molecule has 0 unspecified atom stereocenters. The van der Waals surface area contributed by atoms with Crippen LogP contribution in [-0.2, 0) is 0 Å². The second-order valence-electron chi connectivity index (χ2n) is 13.2. The molecule has 4 heteroatoms. The number of furan rings is 1. The van der Waals surface area contributed by atoms with E-state index in [0.717, 1.165) is 55.3 Å². The van der Waals surface area contributed by atoms with Crippen molar-refractivity contribution in [2.75, 3.05) is 0 Å². The Morgan fingerprint density at radius 3 is 1.49 bits per heavy atom. The minimum atomic E-state index is 0.596. The molecular formula is C49H31N3O. The van der Waals surface area contributed by atoms with Crippen molar-refractivity contribution in [2.24, 2.45) is 0 Å². The molecule has 0 saturated heterocycles. The van der Waals surface area contributed by atoms with E-state index in [0.29, 0.717) is 17.5 Å². The average molecular weight is 678 g/mol. The monoisotopic (exact) mass is 677 g/mol. The highest BCUT2D eigenvalue weighted by Gasteiger charge is 2.18. The maximum Gasteiger partial charge on any atom is 0.164 e. The lowest BCUT2D eigenvalue weighted by molar-refractivity contribution is 0.669. The smallest absolute Gasteiger partial charge is 0.164 e. The van der Waals surface area contributed by atoms with Crippen molar-refractivity contribution in [2.45, 2.75) is 0 Å². The fourth-order valence-corrected chi connectivity index (χ4v) is 7.20. The molecule has 10 rings (SSSR count). The number of hydrogen-bond acceptors (Lipinski definition) is 4. The van der Waals surface area contributed by atoms with Crippen LogP contribution in [0.5, 0.6) is 0 Å². The van der Waals surface area contributed by atoms with Gasteiger partial charge >= 0.3 is 0 Å². The van der Waals surface area contributed by atoms with Crippen LogP contribution in [0.25, 0.3) is 100 Å². The number of nitrogens with zero attached hydrogens (tertiary/aromatic N) is 3. The lowest BCUT2D eigenvalue weighted by Crippen LogP contribution is -2.00. The standard InChI is InChI=1S/C49H31N3O/c1-3-10-32(11-4-1)34-18-20-36(21-19-34)41-28-29-44-43(31-41)46-42(16-9-17-45(46)53-44)49-51-47(37-13-5-2-6-14-37)50-48(52-49)38-25-22-35(23-26-38)40-27-24-33-12-7-8-15-39(33)30-40/h1-31H. The molecule has 0 atom stereocenters. The minimum absolute atomic E-state index is 0.596. The molecule has 0 amide bonds. The zero-order chi connectivity index (χ0) is 35.1. The van der Waals surface area contributed by atoms with Crippen LogP contribution in [0.2, 0.25) is 0 Å². The highest BCUT2D eigenvalue weighted by Crippen LogP contribution is 2.39. The zero-order valence-corrected chi connectivity index (χ0v) is 28.6. The normalized spacial score (nSPS) is 11.4. The first-order valence-electron chi connectivity index (χ1n) is 17.8. The van der Waals surface area contributed by atoms with Gasteiger partial charge in [0.1, 0.15) is 11.2 Å². The fraction of sp³-hybridized carbons (Fsp3) is 0. The predicted molar refractivity (Wildman–Crippen MR) is 217 cm³/mol. The van der Waals surface area contributed by atoms with Gasteiger partial charge in [-0.2, -0.15) is 0 Å². The number of aromatic nitrogens is 3. The van der Waals surface area contributed by atoms with Crippen LogP contribution >= 0.6 is 0 Å². The van der Waals surface area contributed by atoms with Gasteiger partial charge in [-0.15, -0.1) is 0 Å². The fourth-order valence-electron chi connectivity index (χ4n) is 7.20. The Labute approximate surface area is 306 Å². The second kappa shape index (κ2) is 12.9. The molecule has 10 aromatic rings. The maximum atomic E-state index is 6.42. The molecule has 248 valence electrons. The summed E-state index contributed by atoms with van der Waals surface area (Å²) in [5.74, 6) is 1.83. The summed E-state index contributed by atoms with van der Waals surface area (Å²) >= 11 is 0. The van der Waals surface area contributed by atoms with Crippen molar-refractivity contribution in [1.82, 2.24) is 15.0 Å². The zero-order valence-electron chi connectivity index (χ0n) is 28.6. The molecule has 0 aliphatic carbocycles. The minimum Gasteiger partial charge on any atom is -0.456 e. The van der Waals surface area contributed by atoms with Gasteiger partial charge in [-0.3, -0.25) is 0 Å². The van der Waals surface area contributed by atoms with Crippen molar-refractivity contribution in [3.8, 4) is 67.5 Å². The lowest BCUT2D eigenvalue weighted by Gasteiger charge is -2.10. The molecule has 0 aliphatic rings. The third kappa shape index (κ3) is 5.73. The van der Waals surface area contributed by atoms with Crippen LogP contribution in [-0.4, -0.2) is 15.0 Å². The Morgan fingerprint density at radius 1 is 0.302 bits per heavy atom. The van der Waals surface area contributed by atoms with Crippen molar-refractivity contribution < 1.29 is 4.42 Å². The largest absolute Gasteiger partial charge is 0.456 e. The van der Waals surface area contributed by atoms with E-state index in [9.17, 15) is 0 Å². The van der Waals surface area contributed by atoms with E-state index in [1.54, 1.807) is 0 Å². The first kappa shape index (κ1) is 30.6. The van der Waals surface area contributed by atoms with Crippen LogP contribution in [0.4, 0.5) is 0 Å². The van der Waals surface area contributed by atoms with Crippen molar-refractivity contribution >= 4 is 32.7 Å². The summed E-state index contributed by atoms with van der Waals surface area (Å²) in [6.45, 7) is 0. The SMILES string of the molecule is c1ccc(-c2ccc(-c3ccc4oc5cccc(-c6nc(-c7ccccc7)nc(-c7ccc(-c8ccc9ccccc9c8)cc7)n6)c5c4c3)cc2)cc1. The van der Waals surface area contributed by atoms with Crippen LogP contribution in [0, 0.1) is 0 Å². The third-order valence-electron chi connectivity index (χ3n) is 9.95. The summed E-state index contributed by atoms with van der Waals surface area (Å²) in [7, 11) is 0. The summed E-state index contributed by atoms with van der Waals surface area (Å²) < 4.78 is 6.42. The quantitative estimate of drug-likeness (QED) is 0.176. The first-order chi connectivity index (χ1) is 26.2. The Bertz CT molecular complexity index is 2910. The van der Waals surface area contributed by atoms with Gasteiger partial charge in [-0.05, 0) is 68.4 Å². The van der Waals surface area contributed by atoms with Crippen LogP contribution in [0.3, 0.4) is 0 Å². The van der Waals surface area contributed by atoms with Gasteiger partial charge in [-0.1, -0.05) is 164 Å². The lowest BCUT2D eigenvalue weighted by atomic mass is 9.98. The van der Waals surface area contributed by atoms with E-state index in [1.165, 1.54) is 27.5 Å². The summed E-state index contributed by atoms with van der Waals surface area (Å²) in [6, 6.07) is 65.3. The highest BCUT2D eigenvalue weighted by molar-refractivity contribution is 6.12. The summed E-state index contributed by atoms with van der Waals surface area (Å²) in [5, 5.41) is 4.45. The number of rotatable bonds is 6. The molecular weight excluding hydrogens is 647 g/mol. The Balaban J connectivity index is 1.08. The predicted octanol–water partition coefficient (Wildman–Crippen LogP) is 12.9. The summed E-state index contributed by atoms with van der Waals surface area (Å²) in [5.41, 5.74) is 11.3. The van der Waals surface area contributed by atoms with Gasteiger partial charge in [-0.25, -0.2) is 15.0 Å². The molecule has 2 aromatic heterocycles. The average Bonchev–Trinajstić information content (AvgIpc) is 3.62. The molecule has 0 bridgehead atoms. The van der Waals surface area contributed by atoms with E-state index in [2.05, 4.69) is 140 Å². The van der Waals surface area contributed by atoms with E-state index >= 15 is 0 Å².